The Kier molecular flexibility index (Phi) is 6.73. The van der Waals surface area contributed by atoms with Crippen LogP contribution in [0.15, 0.2) is 18.5 Å². The minimum Gasteiger partial charge on any atom is -0.352 e. The van der Waals surface area contributed by atoms with Crippen molar-refractivity contribution in [1.29, 1.82) is 0 Å². The summed E-state index contributed by atoms with van der Waals surface area (Å²) in [6.07, 6.45) is 7.73. The monoisotopic (exact) mass is 268 g/mol. The van der Waals surface area contributed by atoms with Crippen molar-refractivity contribution in [3.05, 3.63) is 29.0 Å². The second-order valence-corrected chi connectivity index (χ2v) is 4.89. The zero-order chi connectivity index (χ0) is 13.4. The molecule has 100 valence electrons. The predicted octanol–water partition coefficient (Wildman–Crippen LogP) is 3.68. The largest absolute Gasteiger partial charge is 0.352 e. The number of rotatable bonds is 7. The van der Waals surface area contributed by atoms with Crippen LogP contribution >= 0.6 is 11.6 Å². The highest BCUT2D eigenvalue weighted by Gasteiger charge is 2.12. The van der Waals surface area contributed by atoms with Gasteiger partial charge in [0.05, 0.1) is 10.6 Å². The van der Waals surface area contributed by atoms with Gasteiger partial charge in [-0.1, -0.05) is 44.7 Å². The molecule has 0 aliphatic carbocycles. The first-order valence-corrected chi connectivity index (χ1v) is 6.94. The van der Waals surface area contributed by atoms with Crippen molar-refractivity contribution in [2.75, 3.05) is 6.54 Å². The maximum absolute atomic E-state index is 11.9. The van der Waals surface area contributed by atoms with Crippen LogP contribution < -0.4 is 5.32 Å². The molecule has 1 amide bonds. The Labute approximate surface area is 114 Å². The highest BCUT2D eigenvalue weighted by atomic mass is 35.5. The van der Waals surface area contributed by atoms with E-state index in [2.05, 4.69) is 24.1 Å². The molecule has 0 fully saturated rings. The minimum atomic E-state index is -0.114. The number of hydrogen-bond acceptors (Lipinski definition) is 2. The second kappa shape index (κ2) is 8.09. The van der Waals surface area contributed by atoms with Crippen molar-refractivity contribution >= 4 is 17.5 Å². The van der Waals surface area contributed by atoms with E-state index >= 15 is 0 Å². The van der Waals surface area contributed by atoms with Gasteiger partial charge in [-0.2, -0.15) is 0 Å². The molecule has 0 saturated heterocycles. The van der Waals surface area contributed by atoms with Gasteiger partial charge >= 0.3 is 0 Å². The number of aromatic nitrogens is 1. The summed E-state index contributed by atoms with van der Waals surface area (Å²) in [6, 6.07) is 1.64. The summed E-state index contributed by atoms with van der Waals surface area (Å²) in [5, 5.41) is 3.35. The lowest BCUT2D eigenvalue weighted by atomic mass is 9.99. The molecular formula is C14H21ClN2O. The van der Waals surface area contributed by atoms with Crippen molar-refractivity contribution in [2.24, 2.45) is 5.92 Å². The normalized spacial score (nSPS) is 12.2. The zero-order valence-electron chi connectivity index (χ0n) is 11.1. The highest BCUT2D eigenvalue weighted by molar-refractivity contribution is 6.33. The summed E-state index contributed by atoms with van der Waals surface area (Å²) in [5.74, 6) is 0.437. The van der Waals surface area contributed by atoms with Gasteiger partial charge in [-0.05, 0) is 18.4 Å². The first kappa shape index (κ1) is 15.0. The van der Waals surface area contributed by atoms with Crippen molar-refractivity contribution in [2.45, 2.75) is 39.5 Å². The topological polar surface area (TPSA) is 42.0 Å². The van der Waals surface area contributed by atoms with E-state index in [0.29, 0.717) is 23.0 Å². The number of carbonyl (C=O) groups excluding carboxylic acids is 1. The highest BCUT2D eigenvalue weighted by Crippen LogP contribution is 2.14. The smallest absolute Gasteiger partial charge is 0.252 e. The van der Waals surface area contributed by atoms with E-state index in [0.717, 1.165) is 12.8 Å². The van der Waals surface area contributed by atoms with Crippen LogP contribution in [0.1, 0.15) is 49.9 Å². The molecule has 0 aliphatic heterocycles. The van der Waals surface area contributed by atoms with E-state index in [1.807, 2.05) is 0 Å². The molecule has 0 aromatic carbocycles. The molecule has 1 heterocycles. The predicted molar refractivity (Wildman–Crippen MR) is 74.9 cm³/mol. The van der Waals surface area contributed by atoms with Gasteiger partial charge in [0.1, 0.15) is 0 Å². The van der Waals surface area contributed by atoms with Crippen LogP contribution in [0.4, 0.5) is 0 Å². The fourth-order valence-corrected chi connectivity index (χ4v) is 2.04. The molecule has 1 aromatic rings. The van der Waals surface area contributed by atoms with Gasteiger partial charge < -0.3 is 5.32 Å². The molecule has 0 radical (unpaired) electrons. The van der Waals surface area contributed by atoms with Crippen LogP contribution in [-0.4, -0.2) is 17.4 Å². The Bertz CT molecular complexity index is 382. The van der Waals surface area contributed by atoms with Crippen molar-refractivity contribution < 1.29 is 4.79 Å². The molecule has 0 spiro atoms. The van der Waals surface area contributed by atoms with Gasteiger partial charge in [0.15, 0.2) is 0 Å². The van der Waals surface area contributed by atoms with Crippen molar-refractivity contribution in [3.63, 3.8) is 0 Å². The lowest BCUT2D eigenvalue weighted by Crippen LogP contribution is -2.29. The molecule has 18 heavy (non-hydrogen) atoms. The van der Waals surface area contributed by atoms with Crippen LogP contribution in [0.2, 0.25) is 5.02 Å². The summed E-state index contributed by atoms with van der Waals surface area (Å²) >= 11 is 5.93. The number of unbranched alkanes of at least 4 members (excludes halogenated alkanes) is 1. The van der Waals surface area contributed by atoms with Gasteiger partial charge in [-0.15, -0.1) is 0 Å². The summed E-state index contributed by atoms with van der Waals surface area (Å²) in [7, 11) is 0. The third kappa shape index (κ3) is 4.65. The van der Waals surface area contributed by atoms with E-state index in [-0.39, 0.29) is 5.91 Å². The summed E-state index contributed by atoms with van der Waals surface area (Å²) in [4.78, 5) is 15.8. The molecule has 0 aliphatic rings. The number of nitrogens with one attached hydrogen (secondary N) is 1. The summed E-state index contributed by atoms with van der Waals surface area (Å²) in [6.45, 7) is 5.06. The van der Waals surface area contributed by atoms with E-state index in [1.165, 1.54) is 19.0 Å². The first-order valence-electron chi connectivity index (χ1n) is 6.56. The van der Waals surface area contributed by atoms with E-state index in [4.69, 9.17) is 11.6 Å². The maximum Gasteiger partial charge on any atom is 0.252 e. The van der Waals surface area contributed by atoms with Crippen LogP contribution in [0, 0.1) is 5.92 Å². The third-order valence-electron chi connectivity index (χ3n) is 3.11. The molecule has 1 N–H and O–H groups in total. The Morgan fingerprint density at radius 3 is 2.89 bits per heavy atom. The number of pyridine rings is 1. The van der Waals surface area contributed by atoms with Crippen LogP contribution in [0.3, 0.4) is 0 Å². The summed E-state index contributed by atoms with van der Waals surface area (Å²) < 4.78 is 0. The molecule has 1 aromatic heterocycles. The molecule has 0 saturated carbocycles. The van der Waals surface area contributed by atoms with E-state index in [1.54, 1.807) is 12.3 Å². The van der Waals surface area contributed by atoms with Gasteiger partial charge in [0, 0.05) is 18.9 Å². The van der Waals surface area contributed by atoms with Gasteiger partial charge in [-0.3, -0.25) is 9.78 Å². The number of amides is 1. The van der Waals surface area contributed by atoms with Crippen LogP contribution in [0.5, 0.6) is 0 Å². The van der Waals surface area contributed by atoms with Crippen molar-refractivity contribution in [1.82, 2.24) is 10.3 Å². The number of nitrogens with zero attached hydrogens (tertiary/aromatic N) is 1. The first-order chi connectivity index (χ1) is 8.69. The molecule has 1 rings (SSSR count). The van der Waals surface area contributed by atoms with Gasteiger partial charge in [0.25, 0.3) is 5.91 Å². The molecule has 1 atom stereocenters. The number of carbonyl (C=O) groups is 1. The summed E-state index contributed by atoms with van der Waals surface area (Å²) in [5.41, 5.74) is 0.497. The lowest BCUT2D eigenvalue weighted by Gasteiger charge is -2.15. The molecule has 3 nitrogen and oxygen atoms in total. The number of hydrogen-bond donors (Lipinski definition) is 1. The van der Waals surface area contributed by atoms with E-state index in [9.17, 15) is 4.79 Å². The lowest BCUT2D eigenvalue weighted by molar-refractivity contribution is 0.0946. The average Bonchev–Trinajstić information content (AvgIpc) is 2.39. The molecular weight excluding hydrogens is 248 g/mol. The standard InChI is InChI=1S/C14H21ClN2O/c1-3-5-6-11(4-2)9-17-14(18)12-7-8-16-10-13(12)15/h7-8,10-11H,3-6,9H2,1-2H3,(H,17,18). The molecule has 0 bridgehead atoms. The Hall–Kier alpha value is -1.09. The molecule has 4 heteroatoms. The average molecular weight is 269 g/mol. The number of halogens is 1. The Morgan fingerprint density at radius 2 is 2.28 bits per heavy atom. The third-order valence-corrected chi connectivity index (χ3v) is 3.41. The van der Waals surface area contributed by atoms with Crippen LogP contribution in [0.25, 0.3) is 0 Å². The quantitative estimate of drug-likeness (QED) is 0.820. The van der Waals surface area contributed by atoms with Crippen LogP contribution in [-0.2, 0) is 0 Å². The van der Waals surface area contributed by atoms with Gasteiger partial charge in [0.2, 0.25) is 0 Å². The van der Waals surface area contributed by atoms with Crippen molar-refractivity contribution in [3.8, 4) is 0 Å². The Balaban J connectivity index is 2.47. The SMILES string of the molecule is CCCCC(CC)CNC(=O)c1ccncc1Cl. The molecule has 1 unspecified atom stereocenters. The zero-order valence-corrected chi connectivity index (χ0v) is 11.8. The maximum atomic E-state index is 11.9. The van der Waals surface area contributed by atoms with E-state index < -0.39 is 0 Å². The fraction of sp³-hybridized carbons (Fsp3) is 0.571. The fourth-order valence-electron chi connectivity index (χ4n) is 1.83. The Morgan fingerprint density at radius 1 is 1.50 bits per heavy atom. The minimum absolute atomic E-state index is 0.114. The van der Waals surface area contributed by atoms with Gasteiger partial charge in [-0.25, -0.2) is 0 Å². The second-order valence-electron chi connectivity index (χ2n) is 4.48.